The highest BCUT2D eigenvalue weighted by Gasteiger charge is 2.07. The molecule has 3 nitrogen and oxygen atoms in total. The number of benzene rings is 1. The number of nitrogen functional groups attached to an aromatic ring is 1. The number of rotatable bonds is 2. The minimum absolute atomic E-state index is 0.503. The van der Waals surface area contributed by atoms with Gasteiger partial charge in [0.25, 0.3) is 0 Å². The predicted octanol–water partition coefficient (Wildman–Crippen LogP) is 4.18. The van der Waals surface area contributed by atoms with Gasteiger partial charge in [-0.2, -0.15) is 0 Å². The lowest BCUT2D eigenvalue weighted by atomic mass is 10.3. The molecule has 0 aliphatic heterocycles. The Balaban J connectivity index is 2.31. The van der Waals surface area contributed by atoms with E-state index >= 15 is 0 Å². The Labute approximate surface area is 113 Å². The van der Waals surface area contributed by atoms with Gasteiger partial charge in [0, 0.05) is 10.0 Å². The van der Waals surface area contributed by atoms with Crippen LogP contribution < -0.4 is 10.5 Å². The highest BCUT2D eigenvalue weighted by Crippen LogP contribution is 2.32. The molecule has 0 bridgehead atoms. The van der Waals surface area contributed by atoms with E-state index in [1.165, 1.54) is 0 Å². The van der Waals surface area contributed by atoms with Crippen molar-refractivity contribution >= 4 is 33.2 Å². The van der Waals surface area contributed by atoms with Gasteiger partial charge in [-0.25, -0.2) is 4.98 Å². The van der Waals surface area contributed by atoms with E-state index in [0.717, 1.165) is 10.0 Å². The molecule has 0 unspecified atom stereocenters. The average molecular weight is 314 g/mol. The molecule has 0 saturated carbocycles. The molecule has 0 spiro atoms. The van der Waals surface area contributed by atoms with Gasteiger partial charge in [-0.05, 0) is 31.2 Å². The van der Waals surface area contributed by atoms with Crippen LogP contribution in [0.25, 0.3) is 0 Å². The van der Waals surface area contributed by atoms with Gasteiger partial charge in [0.15, 0.2) is 0 Å². The molecule has 1 aromatic carbocycles. The highest BCUT2D eigenvalue weighted by molar-refractivity contribution is 9.10. The third-order valence-electron chi connectivity index (χ3n) is 2.15. The standard InChI is InChI=1S/C12H10BrClN2O/c1-7-4-9(15)6-16-12(7)17-11-3-2-8(13)5-10(11)14/h2-6H,15H2,1H3. The Kier molecular flexibility index (Phi) is 3.54. The maximum Gasteiger partial charge on any atom is 0.222 e. The number of anilines is 1. The van der Waals surface area contributed by atoms with Crippen LogP contribution in [0.1, 0.15) is 5.56 Å². The Morgan fingerprint density at radius 1 is 1.35 bits per heavy atom. The number of pyridine rings is 1. The summed E-state index contributed by atoms with van der Waals surface area (Å²) >= 11 is 9.39. The maximum absolute atomic E-state index is 6.06. The summed E-state index contributed by atoms with van der Waals surface area (Å²) in [5.74, 6) is 1.07. The van der Waals surface area contributed by atoms with Crippen LogP contribution in [0.2, 0.25) is 5.02 Å². The summed E-state index contributed by atoms with van der Waals surface area (Å²) in [5.41, 5.74) is 7.09. The van der Waals surface area contributed by atoms with Gasteiger partial charge < -0.3 is 10.5 Å². The van der Waals surface area contributed by atoms with Crippen LogP contribution >= 0.6 is 27.5 Å². The van der Waals surface area contributed by atoms with Gasteiger partial charge in [-0.3, -0.25) is 0 Å². The summed E-state index contributed by atoms with van der Waals surface area (Å²) in [4.78, 5) is 4.12. The largest absolute Gasteiger partial charge is 0.437 e. The van der Waals surface area contributed by atoms with Gasteiger partial charge in [0.1, 0.15) is 5.75 Å². The molecule has 2 rings (SSSR count). The van der Waals surface area contributed by atoms with Crippen molar-refractivity contribution in [3.63, 3.8) is 0 Å². The van der Waals surface area contributed by atoms with Crippen molar-refractivity contribution in [1.82, 2.24) is 4.98 Å². The quantitative estimate of drug-likeness (QED) is 0.904. The van der Waals surface area contributed by atoms with Gasteiger partial charge >= 0.3 is 0 Å². The first-order valence-corrected chi connectivity index (χ1v) is 6.08. The van der Waals surface area contributed by atoms with Crippen molar-refractivity contribution < 1.29 is 4.74 Å². The molecule has 88 valence electrons. The number of ether oxygens (including phenoxy) is 1. The monoisotopic (exact) mass is 312 g/mol. The lowest BCUT2D eigenvalue weighted by Gasteiger charge is -2.09. The molecule has 0 atom stereocenters. The fourth-order valence-corrected chi connectivity index (χ4v) is 2.06. The number of aromatic nitrogens is 1. The maximum atomic E-state index is 6.06. The van der Waals surface area contributed by atoms with Crippen LogP contribution in [0.15, 0.2) is 34.9 Å². The van der Waals surface area contributed by atoms with E-state index in [0.29, 0.717) is 22.3 Å². The Morgan fingerprint density at radius 2 is 2.12 bits per heavy atom. The second-order valence-corrected chi connectivity index (χ2v) is 4.89. The summed E-state index contributed by atoms with van der Waals surface area (Å²) in [5, 5.41) is 0.525. The van der Waals surface area contributed by atoms with E-state index in [4.69, 9.17) is 22.1 Å². The van der Waals surface area contributed by atoms with Gasteiger partial charge in [0.2, 0.25) is 5.88 Å². The zero-order valence-electron chi connectivity index (χ0n) is 9.08. The van der Waals surface area contributed by atoms with E-state index < -0.39 is 0 Å². The second-order valence-electron chi connectivity index (χ2n) is 3.57. The molecular formula is C12H10BrClN2O. The molecule has 1 aromatic heterocycles. The first-order chi connectivity index (χ1) is 8.06. The van der Waals surface area contributed by atoms with E-state index in [-0.39, 0.29) is 0 Å². The first-order valence-electron chi connectivity index (χ1n) is 4.91. The van der Waals surface area contributed by atoms with Crippen molar-refractivity contribution in [2.75, 3.05) is 5.73 Å². The molecule has 5 heteroatoms. The van der Waals surface area contributed by atoms with Crippen LogP contribution in [-0.4, -0.2) is 4.98 Å². The fraction of sp³-hybridized carbons (Fsp3) is 0.0833. The minimum Gasteiger partial charge on any atom is -0.437 e. The number of hydrogen-bond acceptors (Lipinski definition) is 3. The van der Waals surface area contributed by atoms with Crippen molar-refractivity contribution in [3.05, 3.63) is 45.5 Å². The molecule has 2 aromatic rings. The number of aryl methyl sites for hydroxylation is 1. The van der Waals surface area contributed by atoms with Crippen LogP contribution in [-0.2, 0) is 0 Å². The molecule has 17 heavy (non-hydrogen) atoms. The van der Waals surface area contributed by atoms with Crippen molar-refractivity contribution in [2.24, 2.45) is 0 Å². The molecule has 2 N–H and O–H groups in total. The Hall–Kier alpha value is -1.26. The third-order valence-corrected chi connectivity index (χ3v) is 2.94. The zero-order chi connectivity index (χ0) is 12.4. The van der Waals surface area contributed by atoms with Gasteiger partial charge in [-0.15, -0.1) is 0 Å². The SMILES string of the molecule is Cc1cc(N)cnc1Oc1ccc(Br)cc1Cl. The van der Waals surface area contributed by atoms with E-state index in [1.54, 1.807) is 24.4 Å². The molecule has 0 saturated heterocycles. The van der Waals surface area contributed by atoms with E-state index in [2.05, 4.69) is 20.9 Å². The number of halogens is 2. The number of nitrogens with two attached hydrogens (primary N) is 1. The molecule has 0 fully saturated rings. The molecule has 0 amide bonds. The van der Waals surface area contributed by atoms with Crippen LogP contribution in [0.3, 0.4) is 0 Å². The average Bonchev–Trinajstić information content (AvgIpc) is 2.25. The zero-order valence-corrected chi connectivity index (χ0v) is 11.4. The predicted molar refractivity (Wildman–Crippen MR) is 72.6 cm³/mol. The summed E-state index contributed by atoms with van der Waals surface area (Å²) in [6, 6.07) is 7.20. The molecular weight excluding hydrogens is 304 g/mol. The smallest absolute Gasteiger partial charge is 0.222 e. The molecule has 0 radical (unpaired) electrons. The molecule has 0 aliphatic carbocycles. The summed E-state index contributed by atoms with van der Waals surface area (Å²) < 4.78 is 6.53. The summed E-state index contributed by atoms with van der Waals surface area (Å²) in [7, 11) is 0. The molecule has 0 aliphatic rings. The lowest BCUT2D eigenvalue weighted by molar-refractivity contribution is 0.459. The second kappa shape index (κ2) is 4.94. The number of nitrogens with zero attached hydrogens (tertiary/aromatic N) is 1. The first kappa shape index (κ1) is 12.2. The Bertz CT molecular complexity index is 511. The summed E-state index contributed by atoms with van der Waals surface area (Å²) in [6.07, 6.45) is 1.55. The van der Waals surface area contributed by atoms with Crippen molar-refractivity contribution in [1.29, 1.82) is 0 Å². The summed E-state index contributed by atoms with van der Waals surface area (Å²) in [6.45, 7) is 1.88. The van der Waals surface area contributed by atoms with Crippen molar-refractivity contribution in [2.45, 2.75) is 6.92 Å². The minimum atomic E-state index is 0.503. The van der Waals surface area contributed by atoms with Crippen molar-refractivity contribution in [3.8, 4) is 11.6 Å². The highest BCUT2D eigenvalue weighted by atomic mass is 79.9. The molecule has 1 heterocycles. The fourth-order valence-electron chi connectivity index (χ4n) is 1.35. The number of hydrogen-bond donors (Lipinski definition) is 1. The van der Waals surface area contributed by atoms with Crippen LogP contribution in [0.5, 0.6) is 11.6 Å². The lowest BCUT2D eigenvalue weighted by Crippen LogP contribution is -1.94. The van der Waals surface area contributed by atoms with E-state index in [9.17, 15) is 0 Å². The topological polar surface area (TPSA) is 48.1 Å². The normalized spacial score (nSPS) is 10.3. The van der Waals surface area contributed by atoms with Crippen LogP contribution in [0.4, 0.5) is 5.69 Å². The van der Waals surface area contributed by atoms with Gasteiger partial charge in [0.05, 0.1) is 16.9 Å². The van der Waals surface area contributed by atoms with Gasteiger partial charge in [-0.1, -0.05) is 27.5 Å². The van der Waals surface area contributed by atoms with Crippen LogP contribution in [0, 0.1) is 6.92 Å². The Morgan fingerprint density at radius 3 is 2.76 bits per heavy atom. The van der Waals surface area contributed by atoms with E-state index in [1.807, 2.05) is 13.0 Å². The third kappa shape index (κ3) is 2.90.